The van der Waals surface area contributed by atoms with Crippen molar-refractivity contribution in [1.29, 1.82) is 0 Å². The molecule has 1 aromatic carbocycles. The van der Waals surface area contributed by atoms with Crippen molar-refractivity contribution in [2.45, 2.75) is 54.0 Å². The standard InChI is InChI=1S/C18H28FN/c1-7-10-20-15(16-17(3,4)18(16,5)6)13-9-8-12(2)14(19)11-13/h8-9,11,15-16,20H,7,10H2,1-6H3. The molecule has 2 heteroatoms. The first kappa shape index (κ1) is 15.5. The van der Waals surface area contributed by atoms with Gasteiger partial charge in [0, 0.05) is 6.04 Å². The predicted octanol–water partition coefficient (Wildman–Crippen LogP) is 4.86. The summed E-state index contributed by atoms with van der Waals surface area (Å²) >= 11 is 0. The molecule has 1 aromatic rings. The molecular formula is C18H28FN. The Hall–Kier alpha value is -0.890. The fourth-order valence-electron chi connectivity index (χ4n) is 3.61. The molecule has 0 bridgehead atoms. The van der Waals surface area contributed by atoms with E-state index in [2.05, 4.69) is 46.0 Å². The topological polar surface area (TPSA) is 12.0 Å². The van der Waals surface area contributed by atoms with E-state index in [1.165, 1.54) is 0 Å². The summed E-state index contributed by atoms with van der Waals surface area (Å²) in [6.07, 6.45) is 1.10. The SMILES string of the molecule is CCCNC(c1ccc(C)c(F)c1)C1C(C)(C)C1(C)C. The molecule has 1 aliphatic carbocycles. The van der Waals surface area contributed by atoms with Crippen LogP contribution in [0.4, 0.5) is 4.39 Å². The minimum atomic E-state index is -0.0953. The van der Waals surface area contributed by atoms with Gasteiger partial charge in [0.05, 0.1) is 0 Å². The average molecular weight is 277 g/mol. The number of benzene rings is 1. The quantitative estimate of drug-likeness (QED) is 0.810. The molecule has 0 saturated heterocycles. The van der Waals surface area contributed by atoms with Crippen molar-refractivity contribution in [2.75, 3.05) is 6.54 Å². The van der Waals surface area contributed by atoms with Gasteiger partial charge < -0.3 is 5.32 Å². The summed E-state index contributed by atoms with van der Waals surface area (Å²) in [6.45, 7) is 14.3. The zero-order valence-corrected chi connectivity index (χ0v) is 13.7. The van der Waals surface area contributed by atoms with Crippen molar-refractivity contribution >= 4 is 0 Å². The molecule has 0 amide bonds. The van der Waals surface area contributed by atoms with Gasteiger partial charge in [-0.1, -0.05) is 46.8 Å². The third-order valence-corrected chi connectivity index (χ3v) is 5.63. The van der Waals surface area contributed by atoms with E-state index >= 15 is 0 Å². The van der Waals surface area contributed by atoms with Crippen LogP contribution in [0.15, 0.2) is 18.2 Å². The molecule has 112 valence electrons. The number of hydrogen-bond donors (Lipinski definition) is 1. The van der Waals surface area contributed by atoms with Gasteiger partial charge in [-0.25, -0.2) is 4.39 Å². The lowest BCUT2D eigenvalue weighted by molar-refractivity contribution is 0.408. The fourth-order valence-corrected chi connectivity index (χ4v) is 3.61. The number of rotatable bonds is 5. The van der Waals surface area contributed by atoms with Crippen LogP contribution in [0.25, 0.3) is 0 Å². The van der Waals surface area contributed by atoms with E-state index in [1.807, 2.05) is 13.0 Å². The Morgan fingerprint density at radius 1 is 1.20 bits per heavy atom. The molecule has 2 rings (SSSR count). The highest BCUT2D eigenvalue weighted by atomic mass is 19.1. The maximum Gasteiger partial charge on any atom is 0.126 e. The highest BCUT2D eigenvalue weighted by Gasteiger charge is 2.67. The molecule has 1 aliphatic rings. The van der Waals surface area contributed by atoms with Crippen molar-refractivity contribution < 1.29 is 4.39 Å². The molecule has 0 heterocycles. The third-order valence-electron chi connectivity index (χ3n) is 5.63. The van der Waals surface area contributed by atoms with Crippen molar-refractivity contribution in [2.24, 2.45) is 16.7 Å². The van der Waals surface area contributed by atoms with E-state index < -0.39 is 0 Å². The lowest BCUT2D eigenvalue weighted by atomic mass is 9.95. The summed E-state index contributed by atoms with van der Waals surface area (Å²) in [4.78, 5) is 0. The van der Waals surface area contributed by atoms with Crippen molar-refractivity contribution in [1.82, 2.24) is 5.32 Å². The highest BCUT2D eigenvalue weighted by molar-refractivity contribution is 5.30. The smallest absolute Gasteiger partial charge is 0.126 e. The van der Waals surface area contributed by atoms with Crippen LogP contribution in [0.5, 0.6) is 0 Å². The van der Waals surface area contributed by atoms with Gasteiger partial charge in [0.15, 0.2) is 0 Å². The minimum absolute atomic E-state index is 0.0953. The Balaban J connectivity index is 2.31. The van der Waals surface area contributed by atoms with Crippen molar-refractivity contribution in [3.63, 3.8) is 0 Å². The van der Waals surface area contributed by atoms with Gasteiger partial charge in [-0.3, -0.25) is 0 Å². The molecule has 1 atom stereocenters. The molecular weight excluding hydrogens is 249 g/mol. The van der Waals surface area contributed by atoms with Crippen LogP contribution in [0.1, 0.15) is 58.2 Å². The van der Waals surface area contributed by atoms with E-state index in [1.54, 1.807) is 6.07 Å². The summed E-state index contributed by atoms with van der Waals surface area (Å²) in [5.41, 5.74) is 2.39. The van der Waals surface area contributed by atoms with E-state index in [4.69, 9.17) is 0 Å². The molecule has 1 saturated carbocycles. The van der Waals surface area contributed by atoms with Gasteiger partial charge in [0.2, 0.25) is 0 Å². The van der Waals surface area contributed by atoms with Crippen LogP contribution in [0, 0.1) is 29.5 Å². The second kappa shape index (κ2) is 5.14. The molecule has 1 nitrogen and oxygen atoms in total. The summed E-state index contributed by atoms with van der Waals surface area (Å²) in [5.74, 6) is 0.450. The van der Waals surface area contributed by atoms with Gasteiger partial charge in [-0.05, 0) is 53.8 Å². The van der Waals surface area contributed by atoms with E-state index in [9.17, 15) is 4.39 Å². The van der Waals surface area contributed by atoms with Crippen molar-refractivity contribution in [3.05, 3.63) is 35.1 Å². The van der Waals surface area contributed by atoms with Crippen LogP contribution in [-0.4, -0.2) is 6.54 Å². The van der Waals surface area contributed by atoms with E-state index in [-0.39, 0.29) is 11.9 Å². The first-order valence-corrected chi connectivity index (χ1v) is 7.73. The minimum Gasteiger partial charge on any atom is -0.310 e. The summed E-state index contributed by atoms with van der Waals surface area (Å²) in [5, 5.41) is 3.64. The normalized spacial score (nSPS) is 21.8. The zero-order chi connectivity index (χ0) is 15.1. The van der Waals surface area contributed by atoms with E-state index in [0.717, 1.165) is 24.1 Å². The zero-order valence-electron chi connectivity index (χ0n) is 13.7. The largest absolute Gasteiger partial charge is 0.310 e. The molecule has 0 radical (unpaired) electrons. The summed E-state index contributed by atoms with van der Waals surface area (Å²) in [6, 6.07) is 5.94. The first-order valence-electron chi connectivity index (χ1n) is 7.73. The van der Waals surface area contributed by atoms with Crippen LogP contribution in [0.2, 0.25) is 0 Å². The molecule has 1 unspecified atom stereocenters. The van der Waals surface area contributed by atoms with Gasteiger partial charge in [-0.2, -0.15) is 0 Å². The Morgan fingerprint density at radius 3 is 2.25 bits per heavy atom. The lowest BCUT2D eigenvalue weighted by Crippen LogP contribution is -2.26. The maximum absolute atomic E-state index is 13.9. The number of hydrogen-bond acceptors (Lipinski definition) is 1. The number of halogens is 1. The van der Waals surface area contributed by atoms with Gasteiger partial charge in [0.1, 0.15) is 5.82 Å². The number of nitrogens with one attached hydrogen (secondary N) is 1. The Morgan fingerprint density at radius 2 is 1.80 bits per heavy atom. The first-order chi connectivity index (χ1) is 9.23. The van der Waals surface area contributed by atoms with Crippen LogP contribution >= 0.6 is 0 Å². The average Bonchev–Trinajstić information content (AvgIpc) is 2.76. The predicted molar refractivity (Wildman–Crippen MR) is 83.2 cm³/mol. The molecule has 0 aromatic heterocycles. The molecule has 0 spiro atoms. The number of aryl methyl sites for hydroxylation is 1. The van der Waals surface area contributed by atoms with Crippen molar-refractivity contribution in [3.8, 4) is 0 Å². The third kappa shape index (κ3) is 2.39. The summed E-state index contributed by atoms with van der Waals surface area (Å²) < 4.78 is 13.9. The Labute approximate surface area is 123 Å². The second-order valence-corrected chi connectivity index (χ2v) is 7.36. The van der Waals surface area contributed by atoms with Crippen LogP contribution in [0.3, 0.4) is 0 Å². The van der Waals surface area contributed by atoms with Crippen LogP contribution < -0.4 is 5.32 Å². The monoisotopic (exact) mass is 277 g/mol. The molecule has 1 N–H and O–H groups in total. The van der Waals surface area contributed by atoms with Gasteiger partial charge >= 0.3 is 0 Å². The molecule has 0 aliphatic heterocycles. The highest BCUT2D eigenvalue weighted by Crippen LogP contribution is 2.72. The lowest BCUT2D eigenvalue weighted by Gasteiger charge is -2.22. The fraction of sp³-hybridized carbons (Fsp3) is 0.667. The second-order valence-electron chi connectivity index (χ2n) is 7.36. The van der Waals surface area contributed by atoms with E-state index in [0.29, 0.717) is 16.7 Å². The maximum atomic E-state index is 13.9. The van der Waals surface area contributed by atoms with Gasteiger partial charge in [0.25, 0.3) is 0 Å². The van der Waals surface area contributed by atoms with Crippen LogP contribution in [-0.2, 0) is 0 Å². The van der Waals surface area contributed by atoms with Gasteiger partial charge in [-0.15, -0.1) is 0 Å². The Bertz CT molecular complexity index is 476. The molecule has 20 heavy (non-hydrogen) atoms. The Kier molecular flexibility index (Phi) is 3.98. The molecule has 1 fully saturated rings. The summed E-state index contributed by atoms with van der Waals surface area (Å²) in [7, 11) is 0.